The molecule has 3 aromatic rings. The molecule has 0 aliphatic carbocycles. The van der Waals surface area contributed by atoms with Crippen molar-refractivity contribution in [1.29, 1.82) is 0 Å². The molecule has 1 N–H and O–H groups in total. The number of rotatable bonds is 5. The molecular weight excluding hydrogens is 350 g/mol. The standard InChI is InChI=1S/C16H16BrNS2/c1-2-8-18-15(14-7-4-9-19-14)12-10-20-16-11(12)5-3-6-13(16)17/h3-7,9-10,15,18H,2,8H2,1H3. The molecule has 1 unspecified atom stereocenters. The van der Waals surface area contributed by atoms with E-state index in [-0.39, 0.29) is 0 Å². The first-order valence-corrected chi connectivity index (χ1v) is 9.29. The number of hydrogen-bond donors (Lipinski definition) is 1. The molecule has 0 saturated carbocycles. The summed E-state index contributed by atoms with van der Waals surface area (Å²) < 4.78 is 2.52. The molecule has 0 saturated heterocycles. The molecule has 4 heteroatoms. The molecule has 0 spiro atoms. The third-order valence-electron chi connectivity index (χ3n) is 3.32. The average molecular weight is 366 g/mol. The Morgan fingerprint density at radius 1 is 1.20 bits per heavy atom. The van der Waals surface area contributed by atoms with E-state index in [2.05, 4.69) is 69.3 Å². The first kappa shape index (κ1) is 14.3. The highest BCUT2D eigenvalue weighted by molar-refractivity contribution is 9.10. The molecule has 0 radical (unpaired) electrons. The van der Waals surface area contributed by atoms with Crippen LogP contribution in [0.1, 0.15) is 29.8 Å². The molecule has 104 valence electrons. The van der Waals surface area contributed by atoms with Crippen molar-refractivity contribution in [3.63, 3.8) is 0 Å². The van der Waals surface area contributed by atoms with Gasteiger partial charge in [0.05, 0.1) is 6.04 Å². The lowest BCUT2D eigenvalue weighted by Crippen LogP contribution is -2.22. The Morgan fingerprint density at radius 3 is 2.85 bits per heavy atom. The number of nitrogens with one attached hydrogen (secondary N) is 1. The Bertz CT molecular complexity index is 688. The summed E-state index contributed by atoms with van der Waals surface area (Å²) in [6.45, 7) is 3.24. The smallest absolute Gasteiger partial charge is 0.0685 e. The van der Waals surface area contributed by atoms with Crippen LogP contribution in [0.25, 0.3) is 10.1 Å². The number of fused-ring (bicyclic) bond motifs is 1. The van der Waals surface area contributed by atoms with Gasteiger partial charge >= 0.3 is 0 Å². The van der Waals surface area contributed by atoms with E-state index in [9.17, 15) is 0 Å². The Labute approximate surface area is 135 Å². The van der Waals surface area contributed by atoms with Crippen LogP contribution in [-0.2, 0) is 0 Å². The molecule has 2 aromatic heterocycles. The molecule has 0 aliphatic heterocycles. The van der Waals surface area contributed by atoms with Crippen LogP contribution >= 0.6 is 38.6 Å². The number of benzene rings is 1. The zero-order chi connectivity index (χ0) is 13.9. The van der Waals surface area contributed by atoms with Gasteiger partial charge in [-0.05, 0) is 62.7 Å². The third kappa shape index (κ3) is 2.70. The highest BCUT2D eigenvalue weighted by Gasteiger charge is 2.18. The minimum atomic E-state index is 0.304. The largest absolute Gasteiger partial charge is 0.306 e. The van der Waals surface area contributed by atoms with Crippen molar-refractivity contribution in [2.24, 2.45) is 0 Å². The van der Waals surface area contributed by atoms with E-state index in [4.69, 9.17) is 0 Å². The molecule has 0 aliphatic rings. The van der Waals surface area contributed by atoms with E-state index in [0.717, 1.165) is 13.0 Å². The fraction of sp³-hybridized carbons (Fsp3) is 0.250. The first-order valence-electron chi connectivity index (χ1n) is 6.73. The Balaban J connectivity index is 2.07. The van der Waals surface area contributed by atoms with Gasteiger partial charge in [0.1, 0.15) is 0 Å². The van der Waals surface area contributed by atoms with Crippen molar-refractivity contribution in [1.82, 2.24) is 5.32 Å². The van der Waals surface area contributed by atoms with Crippen molar-refractivity contribution < 1.29 is 0 Å². The van der Waals surface area contributed by atoms with E-state index >= 15 is 0 Å². The summed E-state index contributed by atoms with van der Waals surface area (Å²) in [6.07, 6.45) is 1.15. The van der Waals surface area contributed by atoms with Crippen molar-refractivity contribution in [3.8, 4) is 0 Å². The maximum atomic E-state index is 3.69. The van der Waals surface area contributed by atoms with Crippen LogP contribution in [-0.4, -0.2) is 6.54 Å². The quantitative estimate of drug-likeness (QED) is 0.600. The molecule has 1 atom stereocenters. The summed E-state index contributed by atoms with van der Waals surface area (Å²) in [6, 6.07) is 11.1. The van der Waals surface area contributed by atoms with Gasteiger partial charge in [0, 0.05) is 14.0 Å². The van der Waals surface area contributed by atoms with E-state index in [1.54, 1.807) is 0 Å². The monoisotopic (exact) mass is 365 g/mol. The van der Waals surface area contributed by atoms with Crippen LogP contribution in [0.4, 0.5) is 0 Å². The molecule has 1 nitrogen and oxygen atoms in total. The SMILES string of the molecule is CCCNC(c1cccs1)c1csc2c(Br)cccc12. The number of hydrogen-bond acceptors (Lipinski definition) is 3. The fourth-order valence-electron chi connectivity index (χ4n) is 2.37. The van der Waals surface area contributed by atoms with E-state index in [1.165, 1.54) is 25.0 Å². The van der Waals surface area contributed by atoms with Gasteiger partial charge in [0.15, 0.2) is 0 Å². The zero-order valence-corrected chi connectivity index (χ0v) is 14.4. The highest BCUT2D eigenvalue weighted by atomic mass is 79.9. The van der Waals surface area contributed by atoms with E-state index < -0.39 is 0 Å². The lowest BCUT2D eigenvalue weighted by atomic mass is 10.0. The van der Waals surface area contributed by atoms with Crippen LogP contribution in [0.3, 0.4) is 0 Å². The maximum absolute atomic E-state index is 3.69. The topological polar surface area (TPSA) is 12.0 Å². The predicted molar refractivity (Wildman–Crippen MR) is 94.0 cm³/mol. The van der Waals surface area contributed by atoms with Gasteiger partial charge in [-0.2, -0.15) is 0 Å². The molecule has 0 fully saturated rings. The van der Waals surface area contributed by atoms with Gasteiger partial charge in [0.25, 0.3) is 0 Å². The van der Waals surface area contributed by atoms with Crippen LogP contribution < -0.4 is 5.32 Å². The van der Waals surface area contributed by atoms with Crippen LogP contribution in [0, 0.1) is 0 Å². The van der Waals surface area contributed by atoms with Gasteiger partial charge in [-0.1, -0.05) is 25.1 Å². The average Bonchev–Trinajstić information content (AvgIpc) is 3.10. The third-order valence-corrected chi connectivity index (χ3v) is 6.23. The Kier molecular flexibility index (Phi) is 4.56. The van der Waals surface area contributed by atoms with Crippen molar-refractivity contribution in [2.75, 3.05) is 6.54 Å². The second-order valence-corrected chi connectivity index (χ2v) is 7.42. The summed E-state index contributed by atoms with van der Waals surface area (Å²) in [7, 11) is 0. The summed E-state index contributed by atoms with van der Waals surface area (Å²) in [5.41, 5.74) is 1.39. The molecule has 1 aromatic carbocycles. The van der Waals surface area contributed by atoms with E-state index in [0.29, 0.717) is 6.04 Å². The zero-order valence-electron chi connectivity index (χ0n) is 11.2. The molecule has 2 heterocycles. The van der Waals surface area contributed by atoms with Crippen LogP contribution in [0.15, 0.2) is 45.6 Å². The number of halogens is 1. The fourth-order valence-corrected chi connectivity index (χ4v) is 4.84. The van der Waals surface area contributed by atoms with Crippen LogP contribution in [0.2, 0.25) is 0 Å². The lowest BCUT2D eigenvalue weighted by Gasteiger charge is -2.17. The molecule has 0 bridgehead atoms. The minimum Gasteiger partial charge on any atom is -0.306 e. The van der Waals surface area contributed by atoms with E-state index in [1.807, 2.05) is 22.7 Å². The summed E-state index contributed by atoms with van der Waals surface area (Å²) in [4.78, 5) is 1.39. The second kappa shape index (κ2) is 6.39. The molecular formula is C16H16BrNS2. The van der Waals surface area contributed by atoms with Gasteiger partial charge in [0.2, 0.25) is 0 Å². The molecule has 20 heavy (non-hydrogen) atoms. The van der Waals surface area contributed by atoms with Gasteiger partial charge in [-0.3, -0.25) is 0 Å². The summed E-state index contributed by atoms with van der Waals surface area (Å²) >= 11 is 7.29. The summed E-state index contributed by atoms with van der Waals surface area (Å²) in [5.74, 6) is 0. The van der Waals surface area contributed by atoms with Gasteiger partial charge in [-0.15, -0.1) is 22.7 Å². The van der Waals surface area contributed by atoms with Gasteiger partial charge < -0.3 is 5.32 Å². The maximum Gasteiger partial charge on any atom is 0.0685 e. The Morgan fingerprint density at radius 2 is 2.10 bits per heavy atom. The van der Waals surface area contributed by atoms with Crippen molar-refractivity contribution >= 4 is 48.7 Å². The minimum absolute atomic E-state index is 0.304. The Hall–Kier alpha value is -0.680. The normalized spacial score (nSPS) is 12.9. The lowest BCUT2D eigenvalue weighted by molar-refractivity contribution is 0.610. The number of thiophene rings is 2. The molecule has 3 rings (SSSR count). The highest BCUT2D eigenvalue weighted by Crippen LogP contribution is 2.38. The second-order valence-electron chi connectivity index (χ2n) is 4.71. The van der Waals surface area contributed by atoms with Crippen molar-refractivity contribution in [2.45, 2.75) is 19.4 Å². The summed E-state index contributed by atoms with van der Waals surface area (Å²) in [5, 5.41) is 9.49. The first-order chi connectivity index (χ1) is 9.81. The van der Waals surface area contributed by atoms with Crippen molar-refractivity contribution in [3.05, 3.63) is 56.0 Å². The van der Waals surface area contributed by atoms with Crippen LogP contribution in [0.5, 0.6) is 0 Å². The predicted octanol–water partition coefficient (Wildman–Crippen LogP) is 5.81. The van der Waals surface area contributed by atoms with Gasteiger partial charge in [-0.25, -0.2) is 0 Å². The molecule has 0 amide bonds.